The van der Waals surface area contributed by atoms with E-state index in [1.165, 1.54) is 18.2 Å². The molecule has 0 aromatic heterocycles. The maximum atomic E-state index is 12.1. The number of halogens is 4. The summed E-state index contributed by atoms with van der Waals surface area (Å²) in [5.41, 5.74) is 0.746. The van der Waals surface area contributed by atoms with Gasteiger partial charge in [-0.15, -0.1) is 13.2 Å². The van der Waals surface area contributed by atoms with Crippen molar-refractivity contribution in [1.82, 2.24) is 10.6 Å². The molecule has 2 N–H and O–H groups in total. The van der Waals surface area contributed by atoms with Crippen molar-refractivity contribution in [2.75, 3.05) is 6.54 Å². The van der Waals surface area contributed by atoms with E-state index >= 15 is 0 Å². The van der Waals surface area contributed by atoms with Crippen LogP contribution in [0.5, 0.6) is 5.75 Å². The van der Waals surface area contributed by atoms with E-state index in [0.29, 0.717) is 12.6 Å². The normalized spacial score (nSPS) is 14.9. The number of nitrogens with one attached hydrogen (secondary N) is 2. The molecule has 0 unspecified atom stereocenters. The monoisotopic (exact) mass is 366 g/mol. The maximum Gasteiger partial charge on any atom is 0.573 e. The zero-order valence-corrected chi connectivity index (χ0v) is 12.6. The molecular weight excluding hydrogens is 353 g/mol. The van der Waals surface area contributed by atoms with Crippen molar-refractivity contribution in [3.05, 3.63) is 28.2 Å². The molecule has 0 bridgehead atoms. The predicted molar refractivity (Wildman–Crippen MR) is 73.7 cm³/mol. The fourth-order valence-corrected chi connectivity index (χ4v) is 2.20. The van der Waals surface area contributed by atoms with Crippen LogP contribution in [0.25, 0.3) is 0 Å². The third-order valence-corrected chi connectivity index (χ3v) is 3.40. The average molecular weight is 367 g/mol. The summed E-state index contributed by atoms with van der Waals surface area (Å²) in [7, 11) is 0. The maximum absolute atomic E-state index is 12.1. The number of hydrogen-bond donors (Lipinski definition) is 2. The van der Waals surface area contributed by atoms with Gasteiger partial charge in [0.15, 0.2) is 0 Å². The van der Waals surface area contributed by atoms with Gasteiger partial charge in [0.2, 0.25) is 5.91 Å². The molecule has 1 aliphatic carbocycles. The first-order valence-corrected chi connectivity index (χ1v) is 7.17. The van der Waals surface area contributed by atoms with Crippen molar-refractivity contribution in [2.45, 2.75) is 31.8 Å². The number of alkyl halides is 3. The van der Waals surface area contributed by atoms with E-state index in [9.17, 15) is 18.0 Å². The van der Waals surface area contributed by atoms with Crippen LogP contribution in [-0.4, -0.2) is 24.9 Å². The summed E-state index contributed by atoms with van der Waals surface area (Å²) in [5.74, 6) is -0.369. The molecule has 116 valence electrons. The van der Waals surface area contributed by atoms with Crippen molar-refractivity contribution in [3.8, 4) is 5.75 Å². The third-order valence-electron chi connectivity index (χ3n) is 2.78. The molecule has 4 nitrogen and oxygen atoms in total. The van der Waals surface area contributed by atoms with Gasteiger partial charge in [0.1, 0.15) is 5.75 Å². The molecule has 1 fully saturated rings. The van der Waals surface area contributed by atoms with Crippen LogP contribution in [0.1, 0.15) is 18.4 Å². The fraction of sp³-hybridized carbons (Fsp3) is 0.462. The molecule has 21 heavy (non-hydrogen) atoms. The molecule has 1 aromatic rings. The van der Waals surface area contributed by atoms with E-state index in [4.69, 9.17) is 0 Å². The van der Waals surface area contributed by atoms with E-state index in [0.717, 1.165) is 18.4 Å². The number of hydrogen-bond acceptors (Lipinski definition) is 3. The van der Waals surface area contributed by atoms with Crippen LogP contribution < -0.4 is 15.4 Å². The lowest BCUT2D eigenvalue weighted by molar-refractivity contribution is -0.274. The average Bonchev–Trinajstić information content (AvgIpc) is 3.15. The van der Waals surface area contributed by atoms with Crippen LogP contribution in [0.15, 0.2) is 22.7 Å². The summed E-state index contributed by atoms with van der Waals surface area (Å²) in [6, 6.07) is 4.58. The Hall–Kier alpha value is -1.28. The molecule has 2 rings (SSSR count). The zero-order chi connectivity index (χ0) is 15.5. The SMILES string of the molecule is O=C(CNCc1ccc(OC(F)(F)F)c(Br)c1)NC1CC1. The molecule has 0 spiro atoms. The highest BCUT2D eigenvalue weighted by molar-refractivity contribution is 9.10. The highest BCUT2D eigenvalue weighted by Crippen LogP contribution is 2.31. The molecule has 1 aromatic carbocycles. The second kappa shape index (κ2) is 6.65. The Morgan fingerprint density at radius 3 is 2.67 bits per heavy atom. The van der Waals surface area contributed by atoms with Crippen LogP contribution in [0.2, 0.25) is 0 Å². The number of carbonyl (C=O) groups excluding carboxylic acids is 1. The van der Waals surface area contributed by atoms with Gasteiger partial charge < -0.3 is 15.4 Å². The number of rotatable bonds is 6. The topological polar surface area (TPSA) is 50.4 Å². The minimum atomic E-state index is -4.72. The highest BCUT2D eigenvalue weighted by Gasteiger charge is 2.31. The number of benzene rings is 1. The van der Waals surface area contributed by atoms with E-state index in [1.807, 2.05) is 0 Å². The zero-order valence-electron chi connectivity index (χ0n) is 11.0. The first kappa shape index (κ1) is 16.1. The van der Waals surface area contributed by atoms with Crippen molar-refractivity contribution in [3.63, 3.8) is 0 Å². The van der Waals surface area contributed by atoms with Gasteiger partial charge in [0.05, 0.1) is 11.0 Å². The molecular formula is C13H14BrF3N2O2. The van der Waals surface area contributed by atoms with E-state index in [-0.39, 0.29) is 22.7 Å². The standard InChI is InChI=1S/C13H14BrF3N2O2/c14-10-5-8(1-4-11(10)21-13(15,16)17)6-18-7-12(20)19-9-2-3-9/h1,4-5,9,18H,2-3,6-7H2,(H,19,20). The second-order valence-corrected chi connectivity index (χ2v) is 5.61. The summed E-state index contributed by atoms with van der Waals surface area (Å²) >= 11 is 3.03. The van der Waals surface area contributed by atoms with Crippen LogP contribution in [0.3, 0.4) is 0 Å². The molecule has 0 heterocycles. The van der Waals surface area contributed by atoms with Gasteiger partial charge in [-0.2, -0.15) is 0 Å². The largest absolute Gasteiger partial charge is 0.573 e. The molecule has 0 aliphatic heterocycles. The molecule has 1 saturated carbocycles. The summed E-state index contributed by atoms with van der Waals surface area (Å²) < 4.78 is 40.4. The van der Waals surface area contributed by atoms with Gasteiger partial charge in [0.25, 0.3) is 0 Å². The lowest BCUT2D eigenvalue weighted by Gasteiger charge is -2.12. The highest BCUT2D eigenvalue weighted by atomic mass is 79.9. The Bertz CT molecular complexity index is 519. The summed E-state index contributed by atoms with van der Waals surface area (Å²) in [4.78, 5) is 11.4. The van der Waals surface area contributed by atoms with Gasteiger partial charge in [-0.25, -0.2) is 0 Å². The van der Waals surface area contributed by atoms with Crippen molar-refractivity contribution in [1.29, 1.82) is 0 Å². The number of ether oxygens (including phenoxy) is 1. The Labute approximate surface area is 128 Å². The lowest BCUT2D eigenvalue weighted by atomic mass is 10.2. The van der Waals surface area contributed by atoms with Gasteiger partial charge >= 0.3 is 6.36 Å². The van der Waals surface area contributed by atoms with Crippen molar-refractivity contribution < 1.29 is 22.7 Å². The predicted octanol–water partition coefficient (Wildman–Crippen LogP) is 2.72. The summed E-state index contributed by atoms with van der Waals surface area (Å²) in [6.45, 7) is 0.553. The molecule has 1 aliphatic rings. The second-order valence-electron chi connectivity index (χ2n) is 4.76. The summed E-state index contributed by atoms with van der Waals surface area (Å²) in [5, 5.41) is 5.76. The minimum Gasteiger partial charge on any atom is -0.405 e. The van der Waals surface area contributed by atoms with E-state index in [2.05, 4.69) is 31.3 Å². The number of carbonyl (C=O) groups is 1. The first-order valence-electron chi connectivity index (χ1n) is 6.38. The van der Waals surface area contributed by atoms with Crippen LogP contribution in [0, 0.1) is 0 Å². The van der Waals surface area contributed by atoms with Gasteiger partial charge in [-0.05, 0) is 46.5 Å². The lowest BCUT2D eigenvalue weighted by Crippen LogP contribution is -2.34. The first-order chi connectivity index (χ1) is 9.83. The fourth-order valence-electron chi connectivity index (χ4n) is 1.69. The smallest absolute Gasteiger partial charge is 0.405 e. The van der Waals surface area contributed by atoms with E-state index in [1.54, 1.807) is 0 Å². The summed E-state index contributed by atoms with van der Waals surface area (Å²) in [6.07, 6.45) is -2.66. The van der Waals surface area contributed by atoms with E-state index < -0.39 is 6.36 Å². The van der Waals surface area contributed by atoms with Crippen LogP contribution >= 0.6 is 15.9 Å². The quantitative estimate of drug-likeness (QED) is 0.813. The van der Waals surface area contributed by atoms with Gasteiger partial charge in [0, 0.05) is 12.6 Å². The van der Waals surface area contributed by atoms with Crippen LogP contribution in [-0.2, 0) is 11.3 Å². The molecule has 0 saturated heterocycles. The Balaban J connectivity index is 1.80. The minimum absolute atomic E-state index is 0.0754. The van der Waals surface area contributed by atoms with Crippen LogP contribution in [0.4, 0.5) is 13.2 Å². The molecule has 0 radical (unpaired) electrons. The molecule has 1 amide bonds. The Morgan fingerprint density at radius 1 is 1.38 bits per heavy atom. The van der Waals surface area contributed by atoms with Gasteiger partial charge in [-0.1, -0.05) is 6.07 Å². The van der Waals surface area contributed by atoms with Crippen molar-refractivity contribution >= 4 is 21.8 Å². The Kier molecular flexibility index (Phi) is 5.10. The molecule has 0 atom stereocenters. The Morgan fingerprint density at radius 2 is 2.10 bits per heavy atom. The van der Waals surface area contributed by atoms with Crippen molar-refractivity contribution in [2.24, 2.45) is 0 Å². The number of amides is 1. The molecule has 8 heteroatoms. The third kappa shape index (κ3) is 5.92. The van der Waals surface area contributed by atoms with Gasteiger partial charge in [-0.3, -0.25) is 4.79 Å².